The molecule has 5 rings (SSSR count). The van der Waals surface area contributed by atoms with Crippen LogP contribution in [-0.2, 0) is 40.6 Å². The monoisotopic (exact) mass is 557 g/mol. The van der Waals surface area contributed by atoms with E-state index in [0.717, 1.165) is 16.8 Å². The lowest BCUT2D eigenvalue weighted by Gasteiger charge is -2.26. The Kier molecular flexibility index (Phi) is 7.79. The third-order valence-electron chi connectivity index (χ3n) is 7.58. The maximum Gasteiger partial charge on any atom is 0.261 e. The lowest BCUT2D eigenvalue weighted by atomic mass is 9.91. The molecule has 2 amide bonds. The van der Waals surface area contributed by atoms with Crippen molar-refractivity contribution in [3.63, 3.8) is 0 Å². The Morgan fingerprint density at radius 1 is 1.10 bits per heavy atom. The minimum absolute atomic E-state index is 0.0933. The summed E-state index contributed by atoms with van der Waals surface area (Å²) in [5, 5.41) is 3.47. The zero-order valence-corrected chi connectivity index (χ0v) is 24.1. The summed E-state index contributed by atoms with van der Waals surface area (Å²) < 4.78 is 12.7. The van der Waals surface area contributed by atoms with Crippen LogP contribution in [0.2, 0.25) is 0 Å². The molecule has 41 heavy (non-hydrogen) atoms. The van der Waals surface area contributed by atoms with Crippen LogP contribution in [-0.4, -0.2) is 47.0 Å². The molecule has 0 unspecified atom stereocenters. The quantitative estimate of drug-likeness (QED) is 0.309. The number of aromatic nitrogens is 2. The number of benzene rings is 1. The molecule has 4 heterocycles. The van der Waals surface area contributed by atoms with Gasteiger partial charge in [-0.05, 0) is 62.2 Å². The number of nitrogens with zero attached hydrogens (tertiary/aromatic N) is 4. The van der Waals surface area contributed by atoms with Gasteiger partial charge in [-0.25, -0.2) is 0 Å². The highest BCUT2D eigenvalue weighted by atomic mass is 16.5. The number of carbonyl (C=O) groups is 2. The van der Waals surface area contributed by atoms with Crippen molar-refractivity contribution in [2.45, 2.75) is 47.0 Å². The Morgan fingerprint density at radius 2 is 1.90 bits per heavy atom. The Morgan fingerprint density at radius 3 is 2.68 bits per heavy atom. The molecule has 1 aliphatic rings. The topological polar surface area (TPSA) is 110 Å². The smallest absolute Gasteiger partial charge is 0.261 e. The fraction of sp³-hybridized carbons (Fsp3) is 0.355. The molecule has 0 atom stereocenters. The van der Waals surface area contributed by atoms with Crippen molar-refractivity contribution in [3.05, 3.63) is 87.8 Å². The Hall–Kier alpha value is -4.28. The zero-order valence-electron chi connectivity index (χ0n) is 24.1. The van der Waals surface area contributed by atoms with E-state index in [-0.39, 0.29) is 17.4 Å². The van der Waals surface area contributed by atoms with E-state index in [1.54, 1.807) is 55.9 Å². The average molecular weight is 558 g/mol. The van der Waals surface area contributed by atoms with Crippen molar-refractivity contribution in [2.24, 2.45) is 5.41 Å². The van der Waals surface area contributed by atoms with Gasteiger partial charge < -0.3 is 23.9 Å². The molecular weight excluding hydrogens is 522 g/mol. The number of hydrogen-bond donors (Lipinski definition) is 1. The number of anilines is 2. The minimum atomic E-state index is -1.18. The first-order chi connectivity index (χ1) is 19.6. The fourth-order valence-corrected chi connectivity index (χ4v) is 5.19. The molecule has 0 saturated carbocycles. The second-order valence-corrected chi connectivity index (χ2v) is 11.0. The van der Waals surface area contributed by atoms with Gasteiger partial charge in [-0.15, -0.1) is 0 Å². The second-order valence-electron chi connectivity index (χ2n) is 11.0. The van der Waals surface area contributed by atoms with Crippen LogP contribution in [0, 0.1) is 12.3 Å². The molecule has 0 aliphatic carbocycles. The predicted octanol–water partition coefficient (Wildman–Crippen LogP) is 4.09. The van der Waals surface area contributed by atoms with Crippen molar-refractivity contribution < 1.29 is 18.7 Å². The zero-order chi connectivity index (χ0) is 29.3. The van der Waals surface area contributed by atoms with Crippen LogP contribution in [0.15, 0.2) is 64.1 Å². The van der Waals surface area contributed by atoms with Crippen molar-refractivity contribution in [1.82, 2.24) is 14.5 Å². The molecule has 1 aliphatic heterocycles. The Balaban J connectivity index is 1.45. The van der Waals surface area contributed by atoms with Gasteiger partial charge in [0.15, 0.2) is 0 Å². The van der Waals surface area contributed by atoms with Crippen LogP contribution in [0.4, 0.5) is 11.4 Å². The van der Waals surface area contributed by atoms with Crippen molar-refractivity contribution in [3.8, 4) is 0 Å². The summed E-state index contributed by atoms with van der Waals surface area (Å²) in [6.07, 6.45) is 3.51. The second kappa shape index (κ2) is 11.3. The number of methoxy groups -OCH3 is 1. The molecule has 0 spiro atoms. The number of pyridine rings is 2. The number of fused-ring (bicyclic) bond motifs is 2. The molecule has 0 fully saturated rings. The third kappa shape index (κ3) is 5.66. The largest absolute Gasteiger partial charge is 0.461 e. The Bertz CT molecular complexity index is 1670. The number of hydrogen-bond acceptors (Lipinski definition) is 7. The molecule has 1 aromatic carbocycles. The van der Waals surface area contributed by atoms with E-state index in [0.29, 0.717) is 60.9 Å². The predicted molar refractivity (Wildman–Crippen MR) is 157 cm³/mol. The number of ether oxygens (including phenoxy) is 1. The average Bonchev–Trinajstić information content (AvgIpc) is 3.32. The molecule has 0 saturated heterocycles. The van der Waals surface area contributed by atoms with Gasteiger partial charge >= 0.3 is 0 Å². The van der Waals surface area contributed by atoms with Crippen molar-refractivity contribution in [1.29, 1.82) is 0 Å². The van der Waals surface area contributed by atoms with Crippen LogP contribution in [0.5, 0.6) is 0 Å². The lowest BCUT2D eigenvalue weighted by molar-refractivity contribution is -0.136. The van der Waals surface area contributed by atoms with E-state index in [4.69, 9.17) is 9.15 Å². The van der Waals surface area contributed by atoms with E-state index in [1.165, 1.54) is 0 Å². The number of nitrogens with one attached hydrogen (secondary N) is 1. The standard InChI is InChI=1S/C31H35N5O5/c1-20-15-23-27(41-20)10-12-36(28(23)37)14-13-35(18-22-7-6-11-32-25(22)19-40-5)17-21-8-9-24-26(16-21)34(4)30(39)31(2,3)29(38)33-24/h6-12,15-16H,13-14,17-19H2,1-5H3,(H,33,38). The highest BCUT2D eigenvalue weighted by Gasteiger charge is 2.41. The summed E-state index contributed by atoms with van der Waals surface area (Å²) in [6, 6.07) is 13.3. The Labute approximate surface area is 238 Å². The van der Waals surface area contributed by atoms with Gasteiger partial charge in [0.05, 0.1) is 29.1 Å². The van der Waals surface area contributed by atoms with Gasteiger partial charge in [-0.1, -0.05) is 12.1 Å². The van der Waals surface area contributed by atoms with E-state index in [1.807, 2.05) is 43.3 Å². The normalized spacial score (nSPS) is 14.8. The van der Waals surface area contributed by atoms with Crippen LogP contribution in [0.3, 0.4) is 0 Å². The SMILES string of the molecule is COCc1ncccc1CN(CCn1ccc2oc(C)cc2c1=O)Cc1ccc2c(c1)N(C)C(=O)C(C)(C)C(=O)N2. The molecular formula is C31H35N5O5. The highest BCUT2D eigenvalue weighted by molar-refractivity contribution is 6.19. The van der Waals surface area contributed by atoms with Gasteiger partial charge in [0.2, 0.25) is 11.8 Å². The molecule has 214 valence electrons. The summed E-state index contributed by atoms with van der Waals surface area (Å²) >= 11 is 0. The van der Waals surface area contributed by atoms with Crippen molar-refractivity contribution in [2.75, 3.05) is 30.9 Å². The first-order valence-corrected chi connectivity index (χ1v) is 13.5. The lowest BCUT2D eigenvalue weighted by Crippen LogP contribution is -2.43. The van der Waals surface area contributed by atoms with Gasteiger partial charge in [-0.3, -0.25) is 24.3 Å². The first kappa shape index (κ1) is 28.3. The van der Waals surface area contributed by atoms with E-state index in [9.17, 15) is 14.4 Å². The third-order valence-corrected chi connectivity index (χ3v) is 7.58. The van der Waals surface area contributed by atoms with Crippen LogP contribution >= 0.6 is 0 Å². The van der Waals surface area contributed by atoms with Crippen LogP contribution in [0.1, 0.15) is 36.4 Å². The summed E-state index contributed by atoms with van der Waals surface area (Å²) in [6.45, 7) is 7.62. The maximum atomic E-state index is 13.1. The minimum Gasteiger partial charge on any atom is -0.461 e. The number of amides is 2. The van der Waals surface area contributed by atoms with Gasteiger partial charge in [0.25, 0.3) is 5.56 Å². The van der Waals surface area contributed by atoms with E-state index >= 15 is 0 Å². The summed E-state index contributed by atoms with van der Waals surface area (Å²) in [5.41, 5.74) is 3.39. The van der Waals surface area contributed by atoms with Gasteiger partial charge in [-0.2, -0.15) is 0 Å². The van der Waals surface area contributed by atoms with Gasteiger partial charge in [0, 0.05) is 52.7 Å². The highest BCUT2D eigenvalue weighted by Crippen LogP contribution is 2.35. The number of carbonyl (C=O) groups excluding carboxylic acids is 2. The molecule has 0 bridgehead atoms. The van der Waals surface area contributed by atoms with Crippen LogP contribution in [0.25, 0.3) is 11.0 Å². The molecule has 1 N–H and O–H groups in total. The number of rotatable bonds is 9. The fourth-order valence-electron chi connectivity index (χ4n) is 5.19. The van der Waals surface area contributed by atoms with E-state index < -0.39 is 5.41 Å². The summed E-state index contributed by atoms with van der Waals surface area (Å²) in [7, 11) is 3.33. The molecule has 10 heteroatoms. The van der Waals surface area contributed by atoms with Crippen LogP contribution < -0.4 is 15.8 Å². The van der Waals surface area contributed by atoms with Gasteiger partial charge in [0.1, 0.15) is 16.8 Å². The number of aryl methyl sites for hydroxylation is 1. The molecule has 3 aromatic heterocycles. The van der Waals surface area contributed by atoms with Crippen molar-refractivity contribution >= 4 is 34.2 Å². The first-order valence-electron chi connectivity index (χ1n) is 13.5. The molecule has 4 aromatic rings. The van der Waals surface area contributed by atoms with E-state index in [2.05, 4.69) is 15.2 Å². The maximum absolute atomic E-state index is 13.1. The molecule has 0 radical (unpaired) electrons. The summed E-state index contributed by atoms with van der Waals surface area (Å²) in [5.74, 6) is 0.0940. The molecule has 10 nitrogen and oxygen atoms in total. The number of furan rings is 1. The summed E-state index contributed by atoms with van der Waals surface area (Å²) in [4.78, 5) is 47.2.